The molecule has 0 heterocycles. The van der Waals surface area contributed by atoms with Crippen LogP contribution in [0.15, 0.2) is 4.99 Å². The van der Waals surface area contributed by atoms with Crippen LogP contribution >= 0.6 is 0 Å². The second-order valence-electron chi connectivity index (χ2n) is 4.39. The maximum atomic E-state index is 5.40. The minimum atomic E-state index is 0.597. The highest BCUT2D eigenvalue weighted by Crippen LogP contribution is 1.97. The molecule has 0 spiro atoms. The molecule has 0 saturated carbocycles. The molecular weight excluding hydrogens is 230 g/mol. The molecule has 0 aliphatic carbocycles. The molecule has 0 aliphatic heterocycles. The number of guanidine groups is 1. The van der Waals surface area contributed by atoms with Crippen LogP contribution in [-0.2, 0) is 4.74 Å². The van der Waals surface area contributed by atoms with Crippen LogP contribution in [-0.4, -0.2) is 57.3 Å². The van der Waals surface area contributed by atoms with Crippen molar-refractivity contribution >= 4 is 5.96 Å². The number of hydrogen-bond donors (Lipinski definition) is 3. The van der Waals surface area contributed by atoms with Gasteiger partial charge >= 0.3 is 0 Å². The number of nitrogens with zero attached hydrogens (tertiary/aromatic N) is 2. The smallest absolute Gasteiger partial charge is 0.205 e. The molecule has 1 atom stereocenters. The molecule has 0 aliphatic rings. The molecule has 18 heavy (non-hydrogen) atoms. The second kappa shape index (κ2) is 11.3. The molecule has 0 rings (SSSR count). The predicted molar refractivity (Wildman–Crippen MR) is 76.5 cm³/mol. The minimum Gasteiger partial charge on any atom is -0.385 e. The summed E-state index contributed by atoms with van der Waals surface area (Å²) >= 11 is 0. The molecule has 0 fully saturated rings. The summed E-state index contributed by atoms with van der Waals surface area (Å²) in [6, 6.07) is 0.597. The molecule has 0 aromatic heterocycles. The highest BCUT2D eigenvalue weighted by Gasteiger charge is 2.05. The van der Waals surface area contributed by atoms with Crippen LogP contribution in [0.25, 0.3) is 0 Å². The van der Waals surface area contributed by atoms with Gasteiger partial charge in [0.05, 0.1) is 0 Å². The first-order valence-electron chi connectivity index (χ1n) is 6.59. The number of hydrazine groups is 1. The minimum absolute atomic E-state index is 0.597. The van der Waals surface area contributed by atoms with E-state index >= 15 is 0 Å². The molecule has 0 amide bonds. The van der Waals surface area contributed by atoms with Gasteiger partial charge < -0.3 is 15.0 Å². The lowest BCUT2D eigenvalue weighted by atomic mass is 10.2. The van der Waals surface area contributed by atoms with Crippen LogP contribution in [0.5, 0.6) is 0 Å². The quantitative estimate of drug-likeness (QED) is 0.181. The zero-order valence-electron chi connectivity index (χ0n) is 12.2. The summed E-state index contributed by atoms with van der Waals surface area (Å²) in [6.07, 6.45) is 2.06. The summed E-state index contributed by atoms with van der Waals surface area (Å²) in [7, 11) is 3.82. The monoisotopic (exact) mass is 259 g/mol. The molecule has 6 nitrogen and oxygen atoms in total. The van der Waals surface area contributed by atoms with E-state index in [1.54, 1.807) is 7.11 Å². The summed E-state index contributed by atoms with van der Waals surface area (Å²) in [6.45, 7) is 7.64. The topological polar surface area (TPSA) is 74.9 Å². The van der Waals surface area contributed by atoms with Crippen LogP contribution in [0.3, 0.4) is 0 Å². The number of rotatable bonds is 9. The second-order valence-corrected chi connectivity index (χ2v) is 4.39. The maximum absolute atomic E-state index is 5.40. The Labute approximate surface area is 111 Å². The van der Waals surface area contributed by atoms with Crippen LogP contribution in [0.1, 0.15) is 26.7 Å². The fourth-order valence-corrected chi connectivity index (χ4v) is 1.44. The van der Waals surface area contributed by atoms with Gasteiger partial charge in [0.15, 0.2) is 0 Å². The van der Waals surface area contributed by atoms with Gasteiger partial charge in [-0.3, -0.25) is 10.4 Å². The van der Waals surface area contributed by atoms with Crippen molar-refractivity contribution in [3.8, 4) is 0 Å². The summed E-state index contributed by atoms with van der Waals surface area (Å²) in [5, 5.41) is 3.19. The normalized spacial score (nSPS) is 13.8. The Bertz CT molecular complexity index is 223. The van der Waals surface area contributed by atoms with Crippen molar-refractivity contribution in [3.05, 3.63) is 0 Å². The number of methoxy groups -OCH3 is 1. The van der Waals surface area contributed by atoms with Gasteiger partial charge in [0, 0.05) is 39.4 Å². The molecule has 0 radical (unpaired) electrons. The number of aliphatic imine (C=N–C) groups is 1. The average molecular weight is 259 g/mol. The fourth-order valence-electron chi connectivity index (χ4n) is 1.44. The Morgan fingerprint density at radius 2 is 2.22 bits per heavy atom. The zero-order chi connectivity index (χ0) is 13.8. The van der Waals surface area contributed by atoms with E-state index in [9.17, 15) is 0 Å². The van der Waals surface area contributed by atoms with E-state index < -0.39 is 0 Å². The number of likely N-dealkylation sites (N-methyl/N-ethyl adjacent to an activating group) is 1. The van der Waals surface area contributed by atoms with Crippen molar-refractivity contribution < 1.29 is 4.74 Å². The van der Waals surface area contributed by atoms with Crippen molar-refractivity contribution in [1.82, 2.24) is 15.6 Å². The van der Waals surface area contributed by atoms with E-state index in [1.165, 1.54) is 0 Å². The number of nitrogens with two attached hydrogens (primary N) is 1. The summed E-state index contributed by atoms with van der Waals surface area (Å²) in [5.74, 6) is 6.04. The van der Waals surface area contributed by atoms with Gasteiger partial charge in [-0.2, -0.15) is 0 Å². The largest absolute Gasteiger partial charge is 0.385 e. The molecule has 0 aromatic rings. The van der Waals surface area contributed by atoms with E-state index in [0.29, 0.717) is 18.5 Å². The summed E-state index contributed by atoms with van der Waals surface area (Å²) < 4.78 is 4.96. The van der Waals surface area contributed by atoms with Crippen molar-refractivity contribution in [1.29, 1.82) is 0 Å². The molecule has 1 unspecified atom stereocenters. The first-order valence-corrected chi connectivity index (χ1v) is 6.59. The van der Waals surface area contributed by atoms with Crippen LogP contribution < -0.4 is 16.6 Å². The van der Waals surface area contributed by atoms with E-state index in [4.69, 9.17) is 10.6 Å². The molecule has 0 saturated heterocycles. The first-order chi connectivity index (χ1) is 8.65. The molecule has 108 valence electrons. The van der Waals surface area contributed by atoms with Crippen molar-refractivity contribution in [2.24, 2.45) is 10.8 Å². The van der Waals surface area contributed by atoms with Gasteiger partial charge in [-0.25, -0.2) is 5.84 Å². The standard InChI is InChI=1S/C12H29N5O/c1-5-11(2)17(3)9-8-15-12(16-13)14-7-6-10-18-4/h11H,5-10,13H2,1-4H3,(H2,14,15,16). The van der Waals surface area contributed by atoms with E-state index in [0.717, 1.165) is 32.5 Å². The van der Waals surface area contributed by atoms with E-state index in [-0.39, 0.29) is 0 Å². The highest BCUT2D eigenvalue weighted by atomic mass is 16.5. The van der Waals surface area contributed by atoms with E-state index in [1.807, 2.05) is 0 Å². The first kappa shape index (κ1) is 17.2. The van der Waals surface area contributed by atoms with Gasteiger partial charge in [-0.05, 0) is 26.8 Å². The maximum Gasteiger partial charge on any atom is 0.205 e. The van der Waals surface area contributed by atoms with Gasteiger partial charge in [-0.1, -0.05) is 6.92 Å². The Kier molecular flexibility index (Phi) is 10.7. The Hall–Kier alpha value is -0.850. The SMILES string of the molecule is CCC(C)N(C)CCNC(=NCCCOC)NN. The lowest BCUT2D eigenvalue weighted by Crippen LogP contribution is -2.45. The Morgan fingerprint density at radius 1 is 1.50 bits per heavy atom. The Balaban J connectivity index is 3.79. The fraction of sp³-hybridized carbons (Fsp3) is 0.917. The third-order valence-corrected chi connectivity index (χ3v) is 3.01. The molecule has 0 bridgehead atoms. The zero-order valence-corrected chi connectivity index (χ0v) is 12.2. The highest BCUT2D eigenvalue weighted by molar-refractivity contribution is 5.79. The van der Waals surface area contributed by atoms with Gasteiger partial charge in [0.2, 0.25) is 5.96 Å². The van der Waals surface area contributed by atoms with Crippen molar-refractivity contribution in [2.75, 3.05) is 40.4 Å². The molecule has 0 aromatic carbocycles. The van der Waals surface area contributed by atoms with Gasteiger partial charge in [-0.15, -0.1) is 0 Å². The number of hydrogen-bond acceptors (Lipinski definition) is 4. The molecular formula is C12H29N5O. The van der Waals surface area contributed by atoms with Crippen LogP contribution in [0.2, 0.25) is 0 Å². The van der Waals surface area contributed by atoms with Crippen molar-refractivity contribution in [2.45, 2.75) is 32.7 Å². The average Bonchev–Trinajstić information content (AvgIpc) is 2.40. The van der Waals surface area contributed by atoms with Crippen molar-refractivity contribution in [3.63, 3.8) is 0 Å². The third-order valence-electron chi connectivity index (χ3n) is 3.01. The predicted octanol–water partition coefficient (Wildman–Crippen LogP) is 0.162. The summed E-state index contributed by atoms with van der Waals surface area (Å²) in [4.78, 5) is 6.62. The van der Waals surface area contributed by atoms with Crippen LogP contribution in [0, 0.1) is 0 Å². The summed E-state index contributed by atoms with van der Waals surface area (Å²) in [5.41, 5.74) is 2.58. The van der Waals surface area contributed by atoms with Gasteiger partial charge in [0.1, 0.15) is 0 Å². The Morgan fingerprint density at radius 3 is 2.78 bits per heavy atom. The van der Waals surface area contributed by atoms with E-state index in [2.05, 4.69) is 41.5 Å². The number of nitrogens with one attached hydrogen (secondary N) is 2. The lowest BCUT2D eigenvalue weighted by Gasteiger charge is -2.23. The van der Waals surface area contributed by atoms with Crippen LogP contribution in [0.4, 0.5) is 0 Å². The lowest BCUT2D eigenvalue weighted by molar-refractivity contribution is 0.197. The molecule has 6 heteroatoms. The third kappa shape index (κ3) is 8.27. The number of ether oxygens (including phenoxy) is 1. The molecule has 4 N–H and O–H groups in total. The van der Waals surface area contributed by atoms with Gasteiger partial charge in [0.25, 0.3) is 0 Å².